The molecular weight excluding hydrogens is 235 g/mol. The fourth-order valence-electron chi connectivity index (χ4n) is 1.07. The van der Waals surface area contributed by atoms with Crippen molar-refractivity contribution in [1.29, 1.82) is 5.26 Å². The predicted octanol–water partition coefficient (Wildman–Crippen LogP) is 1.94. The minimum absolute atomic E-state index is 0.110. The Bertz CT molecular complexity index is 401. The molecule has 17 heavy (non-hydrogen) atoms. The number of nitrogens with zero attached hydrogens (tertiary/aromatic N) is 2. The highest BCUT2D eigenvalue weighted by molar-refractivity contribution is 5.50. The van der Waals surface area contributed by atoms with E-state index in [1.165, 1.54) is 6.20 Å². The van der Waals surface area contributed by atoms with Gasteiger partial charge in [0.05, 0.1) is 12.2 Å². The molecule has 4 nitrogen and oxygen atoms in total. The van der Waals surface area contributed by atoms with Gasteiger partial charge in [-0.25, -0.2) is 4.98 Å². The third-order valence-electron chi connectivity index (χ3n) is 1.73. The summed E-state index contributed by atoms with van der Waals surface area (Å²) in [5.74, 6) is 0.339. The molecule has 0 unspecified atom stereocenters. The van der Waals surface area contributed by atoms with Crippen molar-refractivity contribution in [1.82, 2.24) is 4.98 Å². The smallest absolute Gasteiger partial charge is 0.370 e. The van der Waals surface area contributed by atoms with Crippen molar-refractivity contribution in [3.63, 3.8) is 0 Å². The fraction of sp³-hybridized carbons (Fsp3) is 0.400. The quantitative estimate of drug-likeness (QED) is 0.805. The topological polar surface area (TPSA) is 57.9 Å². The molecule has 1 N–H and O–H groups in total. The zero-order chi connectivity index (χ0) is 12.7. The van der Waals surface area contributed by atoms with E-state index in [1.54, 1.807) is 12.1 Å². The summed E-state index contributed by atoms with van der Waals surface area (Å²) in [6.07, 6.45) is -2.83. The summed E-state index contributed by atoms with van der Waals surface area (Å²) < 4.78 is 39.6. The Morgan fingerprint density at radius 3 is 2.88 bits per heavy atom. The first-order valence-corrected chi connectivity index (χ1v) is 4.76. The third-order valence-corrected chi connectivity index (χ3v) is 1.73. The highest BCUT2D eigenvalue weighted by Gasteiger charge is 2.27. The van der Waals surface area contributed by atoms with Gasteiger partial charge < -0.3 is 10.1 Å². The van der Waals surface area contributed by atoms with Crippen molar-refractivity contribution < 1.29 is 17.9 Å². The lowest BCUT2D eigenvalue weighted by Crippen LogP contribution is -2.20. The van der Waals surface area contributed by atoms with Crippen LogP contribution in [0.3, 0.4) is 0 Å². The van der Waals surface area contributed by atoms with Gasteiger partial charge in [0.2, 0.25) is 0 Å². The van der Waals surface area contributed by atoms with E-state index < -0.39 is 12.8 Å². The van der Waals surface area contributed by atoms with Gasteiger partial charge in [-0.1, -0.05) is 0 Å². The number of aromatic nitrogens is 1. The van der Waals surface area contributed by atoms with E-state index in [9.17, 15) is 13.2 Å². The van der Waals surface area contributed by atoms with Gasteiger partial charge in [-0.3, -0.25) is 0 Å². The molecule has 1 aromatic rings. The van der Waals surface area contributed by atoms with Crippen LogP contribution in [0, 0.1) is 11.3 Å². The highest BCUT2D eigenvalue weighted by atomic mass is 19.4. The van der Waals surface area contributed by atoms with Crippen LogP contribution < -0.4 is 5.32 Å². The van der Waals surface area contributed by atoms with Crippen LogP contribution in [-0.2, 0) is 4.74 Å². The Morgan fingerprint density at radius 1 is 1.47 bits per heavy atom. The van der Waals surface area contributed by atoms with E-state index in [4.69, 9.17) is 5.26 Å². The van der Waals surface area contributed by atoms with Crippen LogP contribution in [0.5, 0.6) is 0 Å². The Hall–Kier alpha value is -1.81. The Kier molecular flexibility index (Phi) is 4.72. The zero-order valence-corrected chi connectivity index (χ0v) is 8.79. The predicted molar refractivity (Wildman–Crippen MR) is 54.3 cm³/mol. The monoisotopic (exact) mass is 245 g/mol. The van der Waals surface area contributed by atoms with Crippen molar-refractivity contribution in [2.24, 2.45) is 0 Å². The molecule has 1 rings (SSSR count). The normalized spacial score (nSPS) is 10.9. The van der Waals surface area contributed by atoms with E-state index >= 15 is 0 Å². The van der Waals surface area contributed by atoms with E-state index in [0.29, 0.717) is 11.4 Å². The standard InChI is InChI=1S/C10H10F3N3O/c11-10(12,13)7-17-5-4-16-9-8(6-14)2-1-3-15-9/h1-3H,4-5,7H2,(H,15,16). The number of hydrogen-bond acceptors (Lipinski definition) is 4. The zero-order valence-electron chi connectivity index (χ0n) is 8.79. The van der Waals surface area contributed by atoms with Crippen LogP contribution in [0.25, 0.3) is 0 Å². The highest BCUT2D eigenvalue weighted by Crippen LogP contribution is 2.14. The molecule has 0 aliphatic carbocycles. The van der Waals surface area contributed by atoms with Crippen LogP contribution in [0.4, 0.5) is 19.0 Å². The number of anilines is 1. The summed E-state index contributed by atoms with van der Waals surface area (Å²) in [4.78, 5) is 3.88. The summed E-state index contributed by atoms with van der Waals surface area (Å²) in [6.45, 7) is -1.23. The third kappa shape index (κ3) is 5.17. The van der Waals surface area contributed by atoms with Gasteiger partial charge in [-0.05, 0) is 12.1 Å². The minimum Gasteiger partial charge on any atom is -0.370 e. The molecule has 0 saturated carbocycles. The van der Waals surface area contributed by atoms with Crippen LogP contribution in [0.15, 0.2) is 18.3 Å². The molecule has 1 heterocycles. The molecule has 0 aromatic carbocycles. The molecule has 0 bridgehead atoms. The molecule has 0 amide bonds. The van der Waals surface area contributed by atoms with Gasteiger partial charge in [-0.15, -0.1) is 0 Å². The van der Waals surface area contributed by atoms with Gasteiger partial charge in [0.15, 0.2) is 0 Å². The lowest BCUT2D eigenvalue weighted by Gasteiger charge is -2.09. The van der Waals surface area contributed by atoms with E-state index in [-0.39, 0.29) is 13.2 Å². The maximum absolute atomic E-state index is 11.7. The Morgan fingerprint density at radius 2 is 2.24 bits per heavy atom. The number of alkyl halides is 3. The maximum Gasteiger partial charge on any atom is 0.411 e. The lowest BCUT2D eigenvalue weighted by atomic mass is 10.3. The number of ether oxygens (including phenoxy) is 1. The van der Waals surface area contributed by atoms with E-state index in [2.05, 4.69) is 15.0 Å². The van der Waals surface area contributed by atoms with Gasteiger partial charge in [0, 0.05) is 12.7 Å². The molecule has 0 aliphatic rings. The number of nitrogens with one attached hydrogen (secondary N) is 1. The number of hydrogen-bond donors (Lipinski definition) is 1. The molecule has 0 aliphatic heterocycles. The van der Waals surface area contributed by atoms with E-state index in [0.717, 1.165) is 0 Å². The summed E-state index contributed by atoms with van der Waals surface area (Å²) in [5.41, 5.74) is 0.336. The lowest BCUT2D eigenvalue weighted by molar-refractivity contribution is -0.172. The molecule has 0 atom stereocenters. The Labute approximate surface area is 96.0 Å². The molecule has 92 valence electrons. The average molecular weight is 245 g/mol. The molecule has 0 spiro atoms. The largest absolute Gasteiger partial charge is 0.411 e. The first kappa shape index (κ1) is 13.3. The SMILES string of the molecule is N#Cc1cccnc1NCCOCC(F)(F)F. The van der Waals surface area contributed by atoms with Crippen molar-refractivity contribution in [2.45, 2.75) is 6.18 Å². The Balaban J connectivity index is 2.30. The van der Waals surface area contributed by atoms with Gasteiger partial charge in [0.1, 0.15) is 18.5 Å². The molecule has 0 fully saturated rings. The molecular formula is C10H10F3N3O. The van der Waals surface area contributed by atoms with Gasteiger partial charge in [-0.2, -0.15) is 18.4 Å². The minimum atomic E-state index is -4.32. The van der Waals surface area contributed by atoms with E-state index in [1.807, 2.05) is 6.07 Å². The van der Waals surface area contributed by atoms with Crippen molar-refractivity contribution in [3.8, 4) is 6.07 Å². The maximum atomic E-state index is 11.7. The summed E-state index contributed by atoms with van der Waals surface area (Å²) in [5, 5.41) is 11.4. The molecule has 0 radical (unpaired) electrons. The van der Waals surface area contributed by atoms with Gasteiger partial charge in [0.25, 0.3) is 0 Å². The van der Waals surface area contributed by atoms with Crippen LogP contribution in [0.2, 0.25) is 0 Å². The van der Waals surface area contributed by atoms with Crippen LogP contribution in [0.1, 0.15) is 5.56 Å². The second-order valence-corrected chi connectivity index (χ2v) is 3.11. The van der Waals surface area contributed by atoms with Crippen LogP contribution in [-0.4, -0.2) is 30.9 Å². The average Bonchev–Trinajstić information content (AvgIpc) is 2.27. The first-order valence-electron chi connectivity index (χ1n) is 4.76. The van der Waals surface area contributed by atoms with Crippen molar-refractivity contribution >= 4 is 5.82 Å². The summed E-state index contributed by atoms with van der Waals surface area (Å²) in [6, 6.07) is 5.08. The second-order valence-electron chi connectivity index (χ2n) is 3.11. The van der Waals surface area contributed by atoms with Crippen LogP contribution >= 0.6 is 0 Å². The van der Waals surface area contributed by atoms with Crippen molar-refractivity contribution in [2.75, 3.05) is 25.1 Å². The number of nitriles is 1. The molecule has 0 saturated heterocycles. The fourth-order valence-corrected chi connectivity index (χ4v) is 1.07. The number of rotatable bonds is 5. The summed E-state index contributed by atoms with van der Waals surface area (Å²) >= 11 is 0. The number of halogens is 3. The summed E-state index contributed by atoms with van der Waals surface area (Å²) in [7, 11) is 0. The molecule has 1 aromatic heterocycles. The molecule has 7 heteroatoms. The number of pyridine rings is 1. The first-order chi connectivity index (χ1) is 8.03. The van der Waals surface area contributed by atoms with Crippen molar-refractivity contribution in [3.05, 3.63) is 23.9 Å². The van der Waals surface area contributed by atoms with Gasteiger partial charge >= 0.3 is 6.18 Å². The second kappa shape index (κ2) is 6.06.